The van der Waals surface area contributed by atoms with Crippen LogP contribution in [0.5, 0.6) is 0 Å². The summed E-state index contributed by atoms with van der Waals surface area (Å²) in [5.74, 6) is 0. The zero-order valence-electron chi connectivity index (χ0n) is 13.3. The van der Waals surface area contributed by atoms with Crippen molar-refractivity contribution in [1.82, 2.24) is 9.88 Å². The zero-order valence-corrected chi connectivity index (χ0v) is 14.1. The molecule has 1 aromatic heterocycles. The number of rotatable bonds is 5. The van der Waals surface area contributed by atoms with E-state index in [1.165, 1.54) is 0 Å². The minimum Gasteiger partial charge on any atom is -0.360 e. The zero-order chi connectivity index (χ0) is 16.4. The van der Waals surface area contributed by atoms with E-state index in [0.29, 0.717) is 9.79 Å². The van der Waals surface area contributed by atoms with Gasteiger partial charge in [0.25, 0.3) is 0 Å². The molecule has 2 aromatic carbocycles. The van der Waals surface area contributed by atoms with Gasteiger partial charge < -0.3 is 9.88 Å². The average molecular weight is 328 g/mol. The lowest BCUT2D eigenvalue weighted by Gasteiger charge is -2.11. The van der Waals surface area contributed by atoms with Gasteiger partial charge in [0.05, 0.1) is 9.79 Å². The molecule has 120 valence electrons. The van der Waals surface area contributed by atoms with Crippen LogP contribution in [0.25, 0.3) is 10.9 Å². The summed E-state index contributed by atoms with van der Waals surface area (Å²) >= 11 is 0. The average Bonchev–Trinajstić information content (AvgIpc) is 2.99. The Balaban J connectivity index is 2.15. The number of H-pyrrole nitrogens is 1. The molecule has 0 bridgehead atoms. The molecule has 0 radical (unpaired) electrons. The molecule has 4 nitrogen and oxygen atoms in total. The molecule has 0 unspecified atom stereocenters. The van der Waals surface area contributed by atoms with Crippen molar-refractivity contribution >= 4 is 20.7 Å². The van der Waals surface area contributed by atoms with Crippen molar-refractivity contribution in [1.29, 1.82) is 0 Å². The molecule has 0 spiro atoms. The van der Waals surface area contributed by atoms with Crippen LogP contribution in [0.3, 0.4) is 0 Å². The Labute approximate surface area is 136 Å². The molecule has 5 heteroatoms. The highest BCUT2D eigenvalue weighted by Gasteiger charge is 2.22. The van der Waals surface area contributed by atoms with E-state index in [4.69, 9.17) is 0 Å². The Kier molecular flexibility index (Phi) is 4.24. The maximum atomic E-state index is 13.0. The molecule has 0 aliphatic rings. The highest BCUT2D eigenvalue weighted by molar-refractivity contribution is 7.91. The van der Waals surface area contributed by atoms with Gasteiger partial charge in [-0.2, -0.15) is 0 Å². The van der Waals surface area contributed by atoms with Crippen LogP contribution >= 0.6 is 0 Å². The van der Waals surface area contributed by atoms with E-state index in [1.54, 1.807) is 30.5 Å². The van der Waals surface area contributed by atoms with Crippen LogP contribution in [0, 0.1) is 0 Å². The smallest absolute Gasteiger partial charge is 0.208 e. The number of hydrogen-bond acceptors (Lipinski definition) is 3. The molecule has 0 saturated heterocycles. The highest BCUT2D eigenvalue weighted by Crippen LogP contribution is 2.31. The fraction of sp³-hybridized carbons (Fsp3) is 0.222. The number of nitrogens with zero attached hydrogens (tertiary/aromatic N) is 1. The van der Waals surface area contributed by atoms with Crippen LogP contribution in [-0.4, -0.2) is 38.9 Å². The quantitative estimate of drug-likeness (QED) is 0.783. The maximum Gasteiger partial charge on any atom is 0.208 e. The van der Waals surface area contributed by atoms with E-state index in [9.17, 15) is 8.42 Å². The van der Waals surface area contributed by atoms with E-state index in [0.717, 1.165) is 29.4 Å². The Morgan fingerprint density at radius 2 is 1.74 bits per heavy atom. The van der Waals surface area contributed by atoms with Crippen molar-refractivity contribution in [3.63, 3.8) is 0 Å². The van der Waals surface area contributed by atoms with Gasteiger partial charge in [-0.15, -0.1) is 0 Å². The number of hydrogen-bond donors (Lipinski definition) is 1. The van der Waals surface area contributed by atoms with Crippen LogP contribution in [0.4, 0.5) is 0 Å². The number of likely N-dealkylation sites (N-methyl/N-ethyl adjacent to an activating group) is 1. The Morgan fingerprint density at radius 1 is 1.00 bits per heavy atom. The Bertz CT molecular complexity index is 913. The summed E-state index contributed by atoms with van der Waals surface area (Å²) < 4.78 is 25.9. The number of fused-ring (bicyclic) bond motifs is 1. The summed E-state index contributed by atoms with van der Waals surface area (Å²) in [6.45, 7) is 0.870. The summed E-state index contributed by atoms with van der Waals surface area (Å²) in [7, 11) is 0.497. The number of aromatic amines is 1. The lowest BCUT2D eigenvalue weighted by Crippen LogP contribution is -2.15. The molecular weight excluding hydrogens is 308 g/mol. The molecule has 0 saturated carbocycles. The fourth-order valence-electron chi connectivity index (χ4n) is 2.72. The summed E-state index contributed by atoms with van der Waals surface area (Å²) in [5.41, 5.74) is 1.91. The third-order valence-corrected chi connectivity index (χ3v) is 5.72. The van der Waals surface area contributed by atoms with Crippen molar-refractivity contribution in [2.75, 3.05) is 20.6 Å². The molecule has 23 heavy (non-hydrogen) atoms. The summed E-state index contributed by atoms with van der Waals surface area (Å²) in [6.07, 6.45) is 2.41. The molecule has 3 rings (SSSR count). The number of aromatic nitrogens is 1. The first-order valence-electron chi connectivity index (χ1n) is 7.54. The van der Waals surface area contributed by atoms with Crippen LogP contribution in [0.15, 0.2) is 64.5 Å². The summed E-state index contributed by atoms with van der Waals surface area (Å²) in [5, 5.41) is 0.804. The van der Waals surface area contributed by atoms with E-state index < -0.39 is 9.84 Å². The predicted octanol–water partition coefficient (Wildman–Crippen LogP) is 3.10. The molecular formula is C18H20N2O2S. The molecule has 0 amide bonds. The standard InChI is InChI=1S/C18H20N2O2S/c1-20(2)12-11-14-7-6-10-16-18(14)17(13-19-16)23(21,22)15-8-4-3-5-9-15/h3-10,13,19H,11-12H2,1-2H3. The first kappa shape index (κ1) is 15.8. The minimum atomic E-state index is -3.53. The first-order valence-corrected chi connectivity index (χ1v) is 9.02. The van der Waals surface area contributed by atoms with Gasteiger partial charge in [0.1, 0.15) is 0 Å². The highest BCUT2D eigenvalue weighted by atomic mass is 32.2. The largest absolute Gasteiger partial charge is 0.360 e. The van der Waals surface area contributed by atoms with Gasteiger partial charge in [-0.3, -0.25) is 0 Å². The molecule has 0 fully saturated rings. The fourth-order valence-corrected chi connectivity index (χ4v) is 4.21. The monoisotopic (exact) mass is 328 g/mol. The SMILES string of the molecule is CN(C)CCc1cccc2[nH]cc(S(=O)(=O)c3ccccc3)c12. The van der Waals surface area contributed by atoms with Crippen LogP contribution in [0.1, 0.15) is 5.56 Å². The van der Waals surface area contributed by atoms with Crippen molar-refractivity contribution in [3.05, 3.63) is 60.3 Å². The second kappa shape index (κ2) is 6.18. The van der Waals surface area contributed by atoms with Crippen LogP contribution in [0.2, 0.25) is 0 Å². The van der Waals surface area contributed by atoms with E-state index in [1.807, 2.05) is 38.4 Å². The predicted molar refractivity (Wildman–Crippen MR) is 92.5 cm³/mol. The molecule has 0 atom stereocenters. The topological polar surface area (TPSA) is 53.2 Å². The van der Waals surface area contributed by atoms with Gasteiger partial charge in [-0.25, -0.2) is 8.42 Å². The van der Waals surface area contributed by atoms with Crippen molar-refractivity contribution in [3.8, 4) is 0 Å². The van der Waals surface area contributed by atoms with Gasteiger partial charge in [0.2, 0.25) is 9.84 Å². The molecule has 3 aromatic rings. The van der Waals surface area contributed by atoms with Crippen molar-refractivity contribution in [2.45, 2.75) is 16.2 Å². The van der Waals surface area contributed by atoms with E-state index in [2.05, 4.69) is 9.88 Å². The van der Waals surface area contributed by atoms with Gasteiger partial charge in [0, 0.05) is 23.6 Å². The van der Waals surface area contributed by atoms with E-state index in [-0.39, 0.29) is 0 Å². The second-order valence-electron chi connectivity index (χ2n) is 5.86. The van der Waals surface area contributed by atoms with Crippen molar-refractivity contribution < 1.29 is 8.42 Å². The Morgan fingerprint density at radius 3 is 2.43 bits per heavy atom. The van der Waals surface area contributed by atoms with Crippen LogP contribution < -0.4 is 0 Å². The van der Waals surface area contributed by atoms with Gasteiger partial charge in [-0.1, -0.05) is 30.3 Å². The minimum absolute atomic E-state index is 0.323. The van der Waals surface area contributed by atoms with Crippen LogP contribution in [-0.2, 0) is 16.3 Å². The van der Waals surface area contributed by atoms with E-state index >= 15 is 0 Å². The third kappa shape index (κ3) is 3.02. The lowest BCUT2D eigenvalue weighted by molar-refractivity contribution is 0.414. The van der Waals surface area contributed by atoms with Crippen molar-refractivity contribution in [2.24, 2.45) is 0 Å². The number of nitrogens with one attached hydrogen (secondary N) is 1. The first-order chi connectivity index (χ1) is 11.0. The molecule has 1 heterocycles. The Hall–Kier alpha value is -2.11. The van der Waals surface area contributed by atoms with Gasteiger partial charge in [-0.05, 0) is 44.3 Å². The molecule has 0 aliphatic heterocycles. The molecule has 1 N–H and O–H groups in total. The normalized spacial score (nSPS) is 12.1. The summed E-state index contributed by atoms with van der Waals surface area (Å²) in [4.78, 5) is 5.87. The second-order valence-corrected chi connectivity index (χ2v) is 7.78. The third-order valence-electron chi connectivity index (χ3n) is 3.93. The lowest BCUT2D eigenvalue weighted by atomic mass is 10.1. The van der Waals surface area contributed by atoms with Gasteiger partial charge >= 0.3 is 0 Å². The summed E-state index contributed by atoms with van der Waals surface area (Å²) in [6, 6.07) is 14.5. The van der Waals surface area contributed by atoms with Gasteiger partial charge in [0.15, 0.2) is 0 Å². The molecule has 0 aliphatic carbocycles. The maximum absolute atomic E-state index is 13.0. The number of benzene rings is 2. The number of sulfone groups is 1.